The van der Waals surface area contributed by atoms with Gasteiger partial charge < -0.3 is 19.5 Å². The van der Waals surface area contributed by atoms with Crippen molar-refractivity contribution in [1.29, 1.82) is 0 Å². The van der Waals surface area contributed by atoms with E-state index in [1.165, 1.54) is 13.2 Å². The van der Waals surface area contributed by atoms with Crippen molar-refractivity contribution < 1.29 is 37.3 Å². The molecule has 0 aliphatic rings. The van der Waals surface area contributed by atoms with E-state index in [1.54, 1.807) is 0 Å². The van der Waals surface area contributed by atoms with E-state index in [4.69, 9.17) is 14.6 Å². The Labute approximate surface area is 130 Å². The Hall–Kier alpha value is -2.29. The van der Waals surface area contributed by atoms with Gasteiger partial charge in [-0.2, -0.15) is 13.2 Å². The first kappa shape index (κ1) is 18.8. The number of ether oxygens (including phenoxy) is 2. The van der Waals surface area contributed by atoms with Crippen molar-refractivity contribution in [3.63, 3.8) is 0 Å². The van der Waals surface area contributed by atoms with Crippen molar-refractivity contribution in [3.8, 4) is 5.75 Å². The van der Waals surface area contributed by atoms with Crippen LogP contribution in [-0.4, -0.2) is 55.3 Å². The van der Waals surface area contributed by atoms with Gasteiger partial charge in [-0.05, 0) is 18.2 Å². The number of amides is 1. The number of benzene rings is 1. The van der Waals surface area contributed by atoms with Gasteiger partial charge in [0.2, 0.25) is 0 Å². The summed E-state index contributed by atoms with van der Waals surface area (Å²) < 4.78 is 47.5. The summed E-state index contributed by atoms with van der Waals surface area (Å²) in [6.45, 7) is -0.956. The summed E-state index contributed by atoms with van der Waals surface area (Å²) in [7, 11) is 1.39. The Morgan fingerprint density at radius 2 is 2.00 bits per heavy atom. The standard InChI is InChI=1S/C14H16F3NO5/c1-22-6-5-18(8-13(20)21)12(19)9-23-11-4-2-3-10(7-11)14(15,16)17/h2-4,7H,5-6,8-9H2,1H3,(H,20,21). The average Bonchev–Trinajstić information content (AvgIpc) is 2.48. The second-order valence-corrected chi connectivity index (χ2v) is 4.52. The minimum atomic E-state index is -4.52. The van der Waals surface area contributed by atoms with Gasteiger partial charge in [-0.15, -0.1) is 0 Å². The highest BCUT2D eigenvalue weighted by Gasteiger charge is 2.30. The van der Waals surface area contributed by atoms with E-state index in [0.29, 0.717) is 0 Å². The van der Waals surface area contributed by atoms with E-state index in [1.807, 2.05) is 0 Å². The van der Waals surface area contributed by atoms with Crippen molar-refractivity contribution >= 4 is 11.9 Å². The van der Waals surface area contributed by atoms with Gasteiger partial charge in [-0.3, -0.25) is 9.59 Å². The van der Waals surface area contributed by atoms with Crippen molar-refractivity contribution in [2.24, 2.45) is 0 Å². The molecule has 0 heterocycles. The lowest BCUT2D eigenvalue weighted by Gasteiger charge is -2.20. The minimum Gasteiger partial charge on any atom is -0.484 e. The lowest BCUT2D eigenvalue weighted by Crippen LogP contribution is -2.40. The van der Waals surface area contributed by atoms with Gasteiger partial charge in [-0.25, -0.2) is 0 Å². The predicted octanol–water partition coefficient (Wildman–Crippen LogP) is 1.64. The summed E-state index contributed by atoms with van der Waals surface area (Å²) in [4.78, 5) is 23.6. The van der Waals surface area contributed by atoms with Crippen LogP contribution >= 0.6 is 0 Å². The third-order valence-corrected chi connectivity index (χ3v) is 2.77. The van der Waals surface area contributed by atoms with Crippen LogP contribution in [0.15, 0.2) is 24.3 Å². The number of nitrogens with zero attached hydrogens (tertiary/aromatic N) is 1. The van der Waals surface area contributed by atoms with Crippen LogP contribution in [0.4, 0.5) is 13.2 Å². The number of carbonyl (C=O) groups excluding carboxylic acids is 1. The molecule has 6 nitrogen and oxygen atoms in total. The van der Waals surface area contributed by atoms with Gasteiger partial charge in [0.15, 0.2) is 6.61 Å². The SMILES string of the molecule is COCCN(CC(=O)O)C(=O)COc1cccc(C(F)(F)F)c1. The molecule has 23 heavy (non-hydrogen) atoms. The Balaban J connectivity index is 2.67. The number of hydrogen-bond acceptors (Lipinski definition) is 4. The molecule has 0 fully saturated rings. The predicted molar refractivity (Wildman–Crippen MR) is 73.0 cm³/mol. The Kier molecular flexibility index (Phi) is 6.83. The van der Waals surface area contributed by atoms with Crippen LogP contribution in [0, 0.1) is 0 Å². The summed E-state index contributed by atoms with van der Waals surface area (Å²) in [5, 5.41) is 8.74. The smallest absolute Gasteiger partial charge is 0.416 e. The molecular formula is C14H16F3NO5. The lowest BCUT2D eigenvalue weighted by molar-refractivity contribution is -0.145. The average molecular weight is 335 g/mol. The fourth-order valence-electron chi connectivity index (χ4n) is 1.66. The molecule has 1 rings (SSSR count). The van der Waals surface area contributed by atoms with Gasteiger partial charge in [-0.1, -0.05) is 6.07 Å². The highest BCUT2D eigenvalue weighted by atomic mass is 19.4. The molecule has 0 saturated heterocycles. The summed E-state index contributed by atoms with van der Waals surface area (Å²) in [6, 6.07) is 4.08. The molecule has 1 N–H and O–H groups in total. The number of rotatable bonds is 8. The summed E-state index contributed by atoms with van der Waals surface area (Å²) in [5.74, 6) is -2.01. The first-order chi connectivity index (χ1) is 10.7. The number of carbonyl (C=O) groups is 2. The number of aliphatic carboxylic acids is 1. The van der Waals surface area contributed by atoms with Crippen molar-refractivity contribution in [3.05, 3.63) is 29.8 Å². The molecule has 0 aromatic heterocycles. The molecule has 0 atom stereocenters. The van der Waals surface area contributed by atoms with Gasteiger partial charge in [0.25, 0.3) is 5.91 Å². The Morgan fingerprint density at radius 3 is 2.57 bits per heavy atom. The fraction of sp³-hybridized carbons (Fsp3) is 0.429. The zero-order chi connectivity index (χ0) is 17.5. The molecule has 1 aromatic carbocycles. The van der Waals surface area contributed by atoms with Crippen LogP contribution in [0.25, 0.3) is 0 Å². The molecule has 0 saturated carbocycles. The number of halogens is 3. The quantitative estimate of drug-likeness (QED) is 0.782. The highest BCUT2D eigenvalue weighted by Crippen LogP contribution is 2.31. The third-order valence-electron chi connectivity index (χ3n) is 2.77. The van der Waals surface area contributed by atoms with Gasteiger partial charge in [0.1, 0.15) is 12.3 Å². The maximum Gasteiger partial charge on any atom is 0.416 e. The van der Waals surface area contributed by atoms with Crippen LogP contribution < -0.4 is 4.74 Å². The van der Waals surface area contributed by atoms with Gasteiger partial charge >= 0.3 is 12.1 Å². The molecule has 0 radical (unpaired) electrons. The second kappa shape index (κ2) is 8.37. The first-order valence-electron chi connectivity index (χ1n) is 6.52. The number of carboxylic acids is 1. The number of hydrogen-bond donors (Lipinski definition) is 1. The van der Waals surface area contributed by atoms with Crippen LogP contribution in [0.1, 0.15) is 5.56 Å². The van der Waals surface area contributed by atoms with E-state index in [-0.39, 0.29) is 18.9 Å². The van der Waals surface area contributed by atoms with Crippen LogP contribution in [0.5, 0.6) is 5.75 Å². The topological polar surface area (TPSA) is 76.1 Å². The molecule has 0 unspecified atom stereocenters. The van der Waals surface area contributed by atoms with E-state index in [2.05, 4.69) is 0 Å². The zero-order valence-electron chi connectivity index (χ0n) is 12.3. The van der Waals surface area contributed by atoms with E-state index in [9.17, 15) is 22.8 Å². The van der Waals surface area contributed by atoms with Crippen molar-refractivity contribution in [2.45, 2.75) is 6.18 Å². The molecule has 9 heteroatoms. The lowest BCUT2D eigenvalue weighted by atomic mass is 10.2. The Morgan fingerprint density at radius 1 is 1.30 bits per heavy atom. The third kappa shape index (κ3) is 6.55. The van der Waals surface area contributed by atoms with Crippen LogP contribution in [0.3, 0.4) is 0 Å². The first-order valence-corrected chi connectivity index (χ1v) is 6.52. The molecule has 0 aliphatic carbocycles. The number of carboxylic acid groups (broad SMARTS) is 1. The number of methoxy groups -OCH3 is 1. The largest absolute Gasteiger partial charge is 0.484 e. The molecule has 0 spiro atoms. The highest BCUT2D eigenvalue weighted by molar-refractivity contribution is 5.82. The molecule has 0 aliphatic heterocycles. The van der Waals surface area contributed by atoms with Gasteiger partial charge in [0.05, 0.1) is 12.2 Å². The summed E-state index contributed by atoms with van der Waals surface area (Å²) in [5.41, 5.74) is -0.899. The van der Waals surface area contributed by atoms with E-state index in [0.717, 1.165) is 23.1 Å². The van der Waals surface area contributed by atoms with Crippen molar-refractivity contribution in [1.82, 2.24) is 4.90 Å². The van der Waals surface area contributed by atoms with Gasteiger partial charge in [0, 0.05) is 13.7 Å². The van der Waals surface area contributed by atoms with Crippen LogP contribution in [-0.2, 0) is 20.5 Å². The number of alkyl halides is 3. The minimum absolute atomic E-state index is 0.0353. The maximum absolute atomic E-state index is 12.6. The monoisotopic (exact) mass is 335 g/mol. The van der Waals surface area contributed by atoms with E-state index < -0.39 is 36.8 Å². The summed E-state index contributed by atoms with van der Waals surface area (Å²) in [6.07, 6.45) is -4.52. The molecule has 128 valence electrons. The normalized spacial score (nSPS) is 11.1. The molecular weight excluding hydrogens is 319 g/mol. The van der Waals surface area contributed by atoms with Crippen molar-refractivity contribution in [2.75, 3.05) is 33.4 Å². The second-order valence-electron chi connectivity index (χ2n) is 4.52. The Bertz CT molecular complexity index is 547. The molecule has 1 aromatic rings. The van der Waals surface area contributed by atoms with E-state index >= 15 is 0 Å². The van der Waals surface area contributed by atoms with Crippen LogP contribution in [0.2, 0.25) is 0 Å². The molecule has 0 bridgehead atoms. The molecule has 1 amide bonds. The summed E-state index contributed by atoms with van der Waals surface area (Å²) >= 11 is 0. The zero-order valence-corrected chi connectivity index (χ0v) is 12.3. The maximum atomic E-state index is 12.6. The fourth-order valence-corrected chi connectivity index (χ4v) is 1.66.